The van der Waals surface area contributed by atoms with Crippen LogP contribution in [0.2, 0.25) is 0 Å². The molecule has 0 aliphatic heterocycles. The predicted molar refractivity (Wildman–Crippen MR) is 52.4 cm³/mol. The van der Waals surface area contributed by atoms with Crippen molar-refractivity contribution >= 4 is 12.3 Å². The Labute approximate surface area is 90.7 Å². The summed E-state index contributed by atoms with van der Waals surface area (Å²) in [7, 11) is 0. The summed E-state index contributed by atoms with van der Waals surface area (Å²) in [5.74, 6) is -3.32. The first-order chi connectivity index (χ1) is 7.30. The van der Waals surface area contributed by atoms with E-state index in [9.17, 15) is 18.4 Å². The van der Waals surface area contributed by atoms with E-state index in [1.165, 1.54) is 13.8 Å². The van der Waals surface area contributed by atoms with Gasteiger partial charge in [0.2, 0.25) is 0 Å². The Kier molecular flexibility index (Phi) is 3.07. The third-order valence-corrected chi connectivity index (χ3v) is 2.45. The van der Waals surface area contributed by atoms with Crippen molar-refractivity contribution < 1.29 is 23.5 Å². The zero-order chi connectivity index (χ0) is 12.5. The quantitative estimate of drug-likeness (QED) is 0.806. The normalized spacial score (nSPS) is 11.2. The fraction of sp³-hybridized carbons (Fsp3) is 0.273. The molecule has 0 aliphatic carbocycles. The number of carboxylic acid groups (broad SMARTS) is 1. The highest BCUT2D eigenvalue weighted by atomic mass is 19.1. The van der Waals surface area contributed by atoms with E-state index < -0.39 is 28.6 Å². The van der Waals surface area contributed by atoms with Crippen molar-refractivity contribution in [2.75, 3.05) is 0 Å². The van der Waals surface area contributed by atoms with E-state index in [1.54, 1.807) is 0 Å². The third-order valence-electron chi connectivity index (χ3n) is 2.45. The topological polar surface area (TPSA) is 54.4 Å². The second-order valence-electron chi connectivity index (χ2n) is 3.90. The van der Waals surface area contributed by atoms with Crippen LogP contribution in [0.3, 0.4) is 0 Å². The van der Waals surface area contributed by atoms with Crippen molar-refractivity contribution in [2.45, 2.75) is 19.3 Å². The Morgan fingerprint density at radius 2 is 1.75 bits per heavy atom. The maximum Gasteiger partial charge on any atom is 0.313 e. The largest absolute Gasteiger partial charge is 0.481 e. The number of benzene rings is 1. The smallest absolute Gasteiger partial charge is 0.313 e. The molecule has 5 heteroatoms. The lowest BCUT2D eigenvalue weighted by molar-refractivity contribution is -0.142. The lowest BCUT2D eigenvalue weighted by atomic mass is 9.84. The fourth-order valence-electron chi connectivity index (χ4n) is 1.18. The van der Waals surface area contributed by atoms with Crippen molar-refractivity contribution in [2.24, 2.45) is 0 Å². The zero-order valence-corrected chi connectivity index (χ0v) is 8.75. The molecule has 16 heavy (non-hydrogen) atoms. The van der Waals surface area contributed by atoms with Gasteiger partial charge < -0.3 is 5.11 Å². The number of carbonyl (C=O) groups is 2. The summed E-state index contributed by atoms with van der Waals surface area (Å²) in [6.45, 7) is 2.65. The van der Waals surface area contributed by atoms with Crippen LogP contribution in [-0.2, 0) is 10.2 Å². The summed E-state index contributed by atoms with van der Waals surface area (Å²) in [4.78, 5) is 21.2. The maximum atomic E-state index is 13.2. The van der Waals surface area contributed by atoms with E-state index >= 15 is 0 Å². The Bertz CT molecular complexity index is 430. The van der Waals surface area contributed by atoms with Crippen LogP contribution in [-0.4, -0.2) is 17.4 Å². The minimum atomic E-state index is -1.41. The highest BCUT2D eigenvalue weighted by Crippen LogP contribution is 2.26. The maximum absolute atomic E-state index is 13.2. The van der Waals surface area contributed by atoms with Gasteiger partial charge in [0.1, 0.15) is 11.6 Å². The summed E-state index contributed by atoms with van der Waals surface area (Å²) < 4.78 is 26.5. The predicted octanol–water partition coefficient (Wildman–Crippen LogP) is 2.14. The van der Waals surface area contributed by atoms with Gasteiger partial charge in [-0.15, -0.1) is 0 Å². The molecule has 0 unspecified atom stereocenters. The fourth-order valence-corrected chi connectivity index (χ4v) is 1.18. The molecule has 0 radical (unpaired) electrons. The van der Waals surface area contributed by atoms with Crippen molar-refractivity contribution in [1.29, 1.82) is 0 Å². The lowest BCUT2D eigenvalue weighted by Crippen LogP contribution is -2.29. The van der Waals surface area contributed by atoms with Gasteiger partial charge in [-0.3, -0.25) is 9.59 Å². The molecule has 1 N–H and O–H groups in total. The highest BCUT2D eigenvalue weighted by Gasteiger charge is 2.31. The van der Waals surface area contributed by atoms with E-state index in [-0.39, 0.29) is 11.8 Å². The van der Waals surface area contributed by atoms with E-state index in [1.807, 2.05) is 0 Å². The van der Waals surface area contributed by atoms with Crippen LogP contribution < -0.4 is 0 Å². The monoisotopic (exact) mass is 228 g/mol. The van der Waals surface area contributed by atoms with E-state index in [4.69, 9.17) is 5.11 Å². The summed E-state index contributed by atoms with van der Waals surface area (Å²) in [6, 6.07) is 1.72. The number of rotatable bonds is 3. The van der Waals surface area contributed by atoms with Gasteiger partial charge >= 0.3 is 5.97 Å². The second-order valence-corrected chi connectivity index (χ2v) is 3.90. The van der Waals surface area contributed by atoms with Crippen LogP contribution in [0.15, 0.2) is 12.1 Å². The van der Waals surface area contributed by atoms with Crippen LogP contribution in [0.1, 0.15) is 29.8 Å². The molecule has 0 saturated carbocycles. The molecule has 0 fully saturated rings. The number of carbonyl (C=O) groups excluding carboxylic acids is 1. The molecule has 0 spiro atoms. The summed E-state index contributed by atoms with van der Waals surface area (Å²) in [5, 5.41) is 8.89. The van der Waals surface area contributed by atoms with Crippen LogP contribution in [0.4, 0.5) is 8.78 Å². The van der Waals surface area contributed by atoms with Crippen molar-refractivity contribution in [3.05, 3.63) is 34.9 Å². The van der Waals surface area contributed by atoms with Gasteiger partial charge in [-0.1, -0.05) is 0 Å². The van der Waals surface area contributed by atoms with E-state index in [0.29, 0.717) is 0 Å². The number of carboxylic acids is 1. The molecule has 0 aliphatic rings. The molecule has 3 nitrogen and oxygen atoms in total. The summed E-state index contributed by atoms with van der Waals surface area (Å²) in [6.07, 6.45) is 0.0578. The highest BCUT2D eigenvalue weighted by molar-refractivity contribution is 5.81. The minimum absolute atomic E-state index is 0.0272. The van der Waals surface area contributed by atoms with Crippen molar-refractivity contribution in [3.63, 3.8) is 0 Å². The number of aliphatic carboxylic acids is 1. The van der Waals surface area contributed by atoms with Gasteiger partial charge in [-0.05, 0) is 31.5 Å². The third kappa shape index (κ3) is 1.93. The molecule has 0 saturated heterocycles. The van der Waals surface area contributed by atoms with Gasteiger partial charge in [-0.25, -0.2) is 8.78 Å². The van der Waals surface area contributed by atoms with Crippen LogP contribution in [0.5, 0.6) is 0 Å². The number of hydrogen-bond acceptors (Lipinski definition) is 2. The molecule has 1 rings (SSSR count). The Morgan fingerprint density at radius 3 is 2.06 bits per heavy atom. The Balaban J connectivity index is 3.39. The summed E-state index contributed by atoms with van der Waals surface area (Å²) >= 11 is 0. The number of aldehydes is 1. The molecular weight excluding hydrogens is 218 g/mol. The zero-order valence-electron chi connectivity index (χ0n) is 8.75. The van der Waals surface area contributed by atoms with Gasteiger partial charge in [0.25, 0.3) is 0 Å². The van der Waals surface area contributed by atoms with Crippen LogP contribution in [0.25, 0.3) is 0 Å². The molecule has 1 aromatic rings. The van der Waals surface area contributed by atoms with Crippen LogP contribution >= 0.6 is 0 Å². The van der Waals surface area contributed by atoms with Crippen molar-refractivity contribution in [3.8, 4) is 0 Å². The van der Waals surface area contributed by atoms with E-state index in [2.05, 4.69) is 0 Å². The first-order valence-corrected chi connectivity index (χ1v) is 4.48. The molecule has 0 amide bonds. The average Bonchev–Trinajstić information content (AvgIpc) is 2.16. The van der Waals surface area contributed by atoms with Gasteiger partial charge in [0.15, 0.2) is 6.29 Å². The average molecular weight is 228 g/mol. The van der Waals surface area contributed by atoms with Gasteiger partial charge in [-0.2, -0.15) is 0 Å². The molecule has 0 aromatic heterocycles. The first kappa shape index (κ1) is 12.3. The molecule has 0 heterocycles. The van der Waals surface area contributed by atoms with Gasteiger partial charge in [0.05, 0.1) is 11.0 Å². The number of halogens is 2. The SMILES string of the molecule is CC(C)(C(=O)O)c1cc(F)c(C=O)c(F)c1. The Hall–Kier alpha value is -1.78. The molecule has 1 aromatic carbocycles. The molecule has 0 atom stereocenters. The lowest BCUT2D eigenvalue weighted by Gasteiger charge is -2.20. The second kappa shape index (κ2) is 4.00. The van der Waals surface area contributed by atoms with Crippen molar-refractivity contribution in [1.82, 2.24) is 0 Å². The molecule has 0 bridgehead atoms. The Morgan fingerprint density at radius 1 is 1.31 bits per heavy atom. The minimum Gasteiger partial charge on any atom is -0.481 e. The molecule has 86 valence electrons. The molecular formula is C11H10F2O3. The summed E-state index contributed by atoms with van der Waals surface area (Å²) in [5.41, 5.74) is -2.13. The van der Waals surface area contributed by atoms with E-state index in [0.717, 1.165) is 12.1 Å². The van der Waals surface area contributed by atoms with Crippen LogP contribution in [0, 0.1) is 11.6 Å². The number of hydrogen-bond donors (Lipinski definition) is 1. The standard InChI is InChI=1S/C11H10F2O3/c1-11(2,10(15)16)6-3-8(12)7(5-14)9(13)4-6/h3-5H,1-2H3,(H,15,16). The van der Waals surface area contributed by atoms with Gasteiger partial charge in [0, 0.05) is 0 Å². The first-order valence-electron chi connectivity index (χ1n) is 4.48.